The second-order valence-corrected chi connectivity index (χ2v) is 3.65. The van der Waals surface area contributed by atoms with Crippen LogP contribution in [0.4, 0.5) is 10.1 Å². The zero-order valence-electron chi connectivity index (χ0n) is 9.00. The molecule has 0 fully saturated rings. The number of nitriles is 1. The molecule has 2 unspecified atom stereocenters. The number of nitrogens with one attached hydrogen (secondary N) is 1. The lowest BCUT2D eigenvalue weighted by atomic mass is 10.0. The Morgan fingerprint density at radius 3 is 2.80 bits per heavy atom. The number of benzene rings is 1. The third-order valence-electron chi connectivity index (χ3n) is 2.50. The van der Waals surface area contributed by atoms with Gasteiger partial charge in [0.15, 0.2) is 0 Å². The monoisotopic (exact) mass is 206 g/mol. The van der Waals surface area contributed by atoms with Crippen LogP contribution in [0.3, 0.4) is 0 Å². The van der Waals surface area contributed by atoms with Gasteiger partial charge in [-0.2, -0.15) is 5.26 Å². The summed E-state index contributed by atoms with van der Waals surface area (Å²) in [6, 6.07) is 8.09. The van der Waals surface area contributed by atoms with Crippen LogP contribution in [0, 0.1) is 23.1 Å². The molecule has 0 aromatic heterocycles. The molecule has 0 aliphatic carbocycles. The highest BCUT2D eigenvalue weighted by molar-refractivity contribution is 5.45. The zero-order valence-corrected chi connectivity index (χ0v) is 9.00. The maximum absolute atomic E-state index is 12.9. The molecule has 80 valence electrons. The Bertz CT molecular complexity index is 357. The molecule has 0 spiro atoms. The average molecular weight is 206 g/mol. The molecule has 0 heterocycles. The Labute approximate surface area is 89.7 Å². The number of anilines is 1. The Morgan fingerprint density at radius 2 is 2.27 bits per heavy atom. The molecule has 0 bridgehead atoms. The largest absolute Gasteiger partial charge is 0.370 e. The molecule has 1 N–H and O–H groups in total. The SMILES string of the molecule is CCC(C)C(C#N)Nc1cccc(F)c1. The van der Waals surface area contributed by atoms with Gasteiger partial charge in [0, 0.05) is 5.69 Å². The Balaban J connectivity index is 2.72. The van der Waals surface area contributed by atoms with Crippen LogP contribution in [0.1, 0.15) is 20.3 Å². The molecule has 0 saturated heterocycles. The maximum Gasteiger partial charge on any atom is 0.125 e. The highest BCUT2D eigenvalue weighted by atomic mass is 19.1. The van der Waals surface area contributed by atoms with Crippen molar-refractivity contribution in [2.45, 2.75) is 26.3 Å². The first-order valence-corrected chi connectivity index (χ1v) is 5.09. The summed E-state index contributed by atoms with van der Waals surface area (Å²) in [7, 11) is 0. The van der Waals surface area contributed by atoms with Crippen LogP contribution in [0.25, 0.3) is 0 Å². The van der Waals surface area contributed by atoms with Gasteiger partial charge in [0.25, 0.3) is 0 Å². The topological polar surface area (TPSA) is 35.8 Å². The predicted octanol–water partition coefficient (Wildman–Crippen LogP) is 3.18. The smallest absolute Gasteiger partial charge is 0.125 e. The summed E-state index contributed by atoms with van der Waals surface area (Å²) < 4.78 is 12.9. The highest BCUT2D eigenvalue weighted by Crippen LogP contribution is 2.15. The van der Waals surface area contributed by atoms with Gasteiger partial charge in [-0.1, -0.05) is 26.3 Å². The lowest BCUT2D eigenvalue weighted by molar-refractivity contribution is 0.532. The van der Waals surface area contributed by atoms with Crippen molar-refractivity contribution in [2.24, 2.45) is 5.92 Å². The Morgan fingerprint density at radius 1 is 1.53 bits per heavy atom. The van der Waals surface area contributed by atoms with Gasteiger partial charge in [0.2, 0.25) is 0 Å². The standard InChI is InChI=1S/C12H15FN2/c1-3-9(2)12(8-14)15-11-6-4-5-10(13)7-11/h4-7,9,12,15H,3H2,1-2H3. The van der Waals surface area contributed by atoms with Gasteiger partial charge in [-0.25, -0.2) is 4.39 Å². The number of halogens is 1. The fraction of sp³-hybridized carbons (Fsp3) is 0.417. The molecule has 3 heteroatoms. The van der Waals surface area contributed by atoms with E-state index >= 15 is 0 Å². The molecule has 2 nitrogen and oxygen atoms in total. The second kappa shape index (κ2) is 5.35. The van der Waals surface area contributed by atoms with Crippen LogP contribution in [0.2, 0.25) is 0 Å². The molecule has 0 aliphatic heterocycles. The highest BCUT2D eigenvalue weighted by Gasteiger charge is 2.14. The first-order valence-electron chi connectivity index (χ1n) is 5.09. The maximum atomic E-state index is 12.9. The summed E-state index contributed by atoms with van der Waals surface area (Å²) in [5, 5.41) is 12.0. The Hall–Kier alpha value is -1.56. The van der Waals surface area contributed by atoms with Crippen molar-refractivity contribution < 1.29 is 4.39 Å². The van der Waals surface area contributed by atoms with E-state index in [1.807, 2.05) is 13.8 Å². The predicted molar refractivity (Wildman–Crippen MR) is 58.9 cm³/mol. The van der Waals surface area contributed by atoms with Crippen molar-refractivity contribution in [3.05, 3.63) is 30.1 Å². The van der Waals surface area contributed by atoms with Gasteiger partial charge in [-0.15, -0.1) is 0 Å². The zero-order chi connectivity index (χ0) is 11.3. The van der Waals surface area contributed by atoms with Gasteiger partial charge < -0.3 is 5.32 Å². The summed E-state index contributed by atoms with van der Waals surface area (Å²) in [4.78, 5) is 0. The summed E-state index contributed by atoms with van der Waals surface area (Å²) in [6.45, 7) is 4.03. The van der Waals surface area contributed by atoms with Crippen LogP contribution >= 0.6 is 0 Å². The third kappa shape index (κ3) is 3.25. The molecular formula is C12H15FN2. The summed E-state index contributed by atoms with van der Waals surface area (Å²) in [6.07, 6.45) is 0.917. The van der Waals surface area contributed by atoms with Crippen molar-refractivity contribution in [3.8, 4) is 6.07 Å². The van der Waals surface area contributed by atoms with Crippen molar-refractivity contribution in [3.63, 3.8) is 0 Å². The van der Waals surface area contributed by atoms with Crippen LogP contribution in [0.5, 0.6) is 0 Å². The van der Waals surface area contributed by atoms with Crippen LogP contribution in [0.15, 0.2) is 24.3 Å². The first kappa shape index (κ1) is 11.5. The normalized spacial score (nSPS) is 14.0. The molecule has 0 amide bonds. The summed E-state index contributed by atoms with van der Waals surface area (Å²) in [5.41, 5.74) is 0.654. The fourth-order valence-corrected chi connectivity index (χ4v) is 1.30. The van der Waals surface area contributed by atoms with Gasteiger partial charge in [0.05, 0.1) is 6.07 Å². The van der Waals surface area contributed by atoms with Crippen molar-refractivity contribution in [1.29, 1.82) is 5.26 Å². The second-order valence-electron chi connectivity index (χ2n) is 3.65. The summed E-state index contributed by atoms with van der Waals surface area (Å²) >= 11 is 0. The molecule has 0 saturated carbocycles. The first-order chi connectivity index (χ1) is 7.17. The van der Waals surface area contributed by atoms with Crippen LogP contribution in [-0.2, 0) is 0 Å². The van der Waals surface area contributed by atoms with Crippen molar-refractivity contribution in [1.82, 2.24) is 0 Å². The molecule has 2 atom stereocenters. The lowest BCUT2D eigenvalue weighted by Crippen LogP contribution is -2.25. The molecule has 0 aliphatic rings. The molecule has 1 rings (SSSR count). The van der Waals surface area contributed by atoms with E-state index in [9.17, 15) is 4.39 Å². The minimum Gasteiger partial charge on any atom is -0.370 e. The summed E-state index contributed by atoms with van der Waals surface area (Å²) in [5.74, 6) is -0.0425. The van der Waals surface area contributed by atoms with E-state index in [1.165, 1.54) is 12.1 Å². The third-order valence-corrected chi connectivity index (χ3v) is 2.50. The van der Waals surface area contributed by atoms with E-state index in [0.717, 1.165) is 6.42 Å². The lowest BCUT2D eigenvalue weighted by Gasteiger charge is -2.18. The average Bonchev–Trinajstić information content (AvgIpc) is 2.25. The quantitative estimate of drug-likeness (QED) is 0.821. The fourth-order valence-electron chi connectivity index (χ4n) is 1.30. The van der Waals surface area contributed by atoms with E-state index < -0.39 is 0 Å². The van der Waals surface area contributed by atoms with Gasteiger partial charge in [-0.3, -0.25) is 0 Å². The minimum absolute atomic E-state index is 0.248. The van der Waals surface area contributed by atoms with E-state index in [1.54, 1.807) is 12.1 Å². The molecule has 1 aromatic rings. The number of hydrogen-bond donors (Lipinski definition) is 1. The van der Waals surface area contributed by atoms with E-state index in [4.69, 9.17) is 5.26 Å². The van der Waals surface area contributed by atoms with E-state index in [0.29, 0.717) is 5.69 Å². The molecular weight excluding hydrogens is 191 g/mol. The molecule has 15 heavy (non-hydrogen) atoms. The number of rotatable bonds is 4. The van der Waals surface area contributed by atoms with E-state index in [-0.39, 0.29) is 17.8 Å². The van der Waals surface area contributed by atoms with Crippen molar-refractivity contribution >= 4 is 5.69 Å². The number of nitrogens with zero attached hydrogens (tertiary/aromatic N) is 1. The van der Waals surface area contributed by atoms with E-state index in [2.05, 4.69) is 11.4 Å². The van der Waals surface area contributed by atoms with Gasteiger partial charge >= 0.3 is 0 Å². The van der Waals surface area contributed by atoms with Gasteiger partial charge in [-0.05, 0) is 24.1 Å². The van der Waals surface area contributed by atoms with Crippen LogP contribution in [-0.4, -0.2) is 6.04 Å². The van der Waals surface area contributed by atoms with Crippen LogP contribution < -0.4 is 5.32 Å². The minimum atomic E-state index is -0.291. The molecule has 0 radical (unpaired) electrons. The van der Waals surface area contributed by atoms with Crippen molar-refractivity contribution in [2.75, 3.05) is 5.32 Å². The Kier molecular flexibility index (Phi) is 4.11. The number of hydrogen-bond acceptors (Lipinski definition) is 2. The van der Waals surface area contributed by atoms with Gasteiger partial charge in [0.1, 0.15) is 11.9 Å². The molecule has 1 aromatic carbocycles.